The summed E-state index contributed by atoms with van der Waals surface area (Å²) in [6.07, 6.45) is 6.60. The fourth-order valence-electron chi connectivity index (χ4n) is 3.65. The molecule has 0 bridgehead atoms. The van der Waals surface area contributed by atoms with E-state index in [9.17, 15) is 4.79 Å². The molecular weight excluding hydrogens is 296 g/mol. The Morgan fingerprint density at radius 2 is 2.09 bits per heavy atom. The number of anilines is 1. The van der Waals surface area contributed by atoms with Crippen LogP contribution in [-0.4, -0.2) is 39.4 Å². The molecule has 2 atom stereocenters. The Bertz CT molecular complexity index is 686. The van der Waals surface area contributed by atoms with Crippen LogP contribution in [0.1, 0.15) is 22.6 Å². The van der Waals surface area contributed by atoms with Crippen molar-refractivity contribution in [3.8, 4) is 0 Å². The SMILES string of the molecule is Cc1ccc(CN2CC[C@@H]3[C@H]2CC(=O)N3c2cncnc2)s1. The zero-order valence-corrected chi connectivity index (χ0v) is 13.3. The molecule has 22 heavy (non-hydrogen) atoms. The molecule has 0 radical (unpaired) electrons. The zero-order valence-electron chi connectivity index (χ0n) is 12.5. The van der Waals surface area contributed by atoms with Crippen molar-refractivity contribution in [1.29, 1.82) is 0 Å². The van der Waals surface area contributed by atoms with Crippen molar-refractivity contribution in [2.45, 2.75) is 38.4 Å². The standard InChI is InChI=1S/C16H18N4OS/c1-11-2-3-13(22-11)9-19-5-4-14-15(19)6-16(21)20(14)12-7-17-10-18-8-12/h2-3,7-8,10,14-15H,4-6,9H2,1H3/t14-,15-/m1/s1. The second kappa shape index (κ2) is 5.44. The van der Waals surface area contributed by atoms with E-state index in [2.05, 4.69) is 33.9 Å². The van der Waals surface area contributed by atoms with E-state index in [0.717, 1.165) is 25.2 Å². The molecule has 0 aliphatic carbocycles. The minimum atomic E-state index is 0.192. The molecule has 0 spiro atoms. The molecule has 5 nitrogen and oxygen atoms in total. The summed E-state index contributed by atoms with van der Waals surface area (Å²) in [6.45, 7) is 4.13. The molecule has 0 saturated carbocycles. The first-order chi connectivity index (χ1) is 10.7. The van der Waals surface area contributed by atoms with Gasteiger partial charge in [-0.15, -0.1) is 11.3 Å². The van der Waals surface area contributed by atoms with Gasteiger partial charge in [-0.05, 0) is 25.5 Å². The fraction of sp³-hybridized carbons (Fsp3) is 0.438. The van der Waals surface area contributed by atoms with Crippen molar-refractivity contribution in [1.82, 2.24) is 14.9 Å². The Balaban J connectivity index is 1.54. The van der Waals surface area contributed by atoms with E-state index in [0.29, 0.717) is 12.5 Å². The Labute approximate surface area is 133 Å². The highest BCUT2D eigenvalue weighted by atomic mass is 32.1. The van der Waals surface area contributed by atoms with Crippen LogP contribution in [0.2, 0.25) is 0 Å². The van der Waals surface area contributed by atoms with Gasteiger partial charge >= 0.3 is 0 Å². The van der Waals surface area contributed by atoms with Gasteiger partial charge in [0.05, 0.1) is 24.1 Å². The van der Waals surface area contributed by atoms with Crippen molar-refractivity contribution in [3.05, 3.63) is 40.6 Å². The van der Waals surface area contributed by atoms with Gasteiger partial charge in [0, 0.05) is 35.3 Å². The van der Waals surface area contributed by atoms with Crippen LogP contribution in [0.3, 0.4) is 0 Å². The van der Waals surface area contributed by atoms with Gasteiger partial charge < -0.3 is 4.90 Å². The molecule has 6 heteroatoms. The average molecular weight is 314 g/mol. The third kappa shape index (κ3) is 2.32. The number of thiophene rings is 1. The van der Waals surface area contributed by atoms with Crippen LogP contribution in [0.4, 0.5) is 5.69 Å². The van der Waals surface area contributed by atoms with E-state index >= 15 is 0 Å². The lowest BCUT2D eigenvalue weighted by atomic mass is 10.1. The number of amides is 1. The Hall–Kier alpha value is -1.79. The fourth-order valence-corrected chi connectivity index (χ4v) is 4.56. The first-order valence-corrected chi connectivity index (χ1v) is 8.40. The largest absolute Gasteiger partial charge is 0.305 e. The van der Waals surface area contributed by atoms with Crippen LogP contribution in [0.15, 0.2) is 30.9 Å². The molecule has 0 unspecified atom stereocenters. The van der Waals surface area contributed by atoms with Crippen LogP contribution in [0, 0.1) is 6.92 Å². The number of likely N-dealkylation sites (tertiary alicyclic amines) is 1. The number of hydrogen-bond acceptors (Lipinski definition) is 5. The van der Waals surface area contributed by atoms with E-state index in [4.69, 9.17) is 0 Å². The van der Waals surface area contributed by atoms with E-state index in [1.807, 2.05) is 16.2 Å². The monoisotopic (exact) mass is 314 g/mol. The van der Waals surface area contributed by atoms with Crippen LogP contribution >= 0.6 is 11.3 Å². The molecule has 0 aromatic carbocycles. The highest BCUT2D eigenvalue weighted by molar-refractivity contribution is 7.11. The van der Waals surface area contributed by atoms with Crippen molar-refractivity contribution in [3.63, 3.8) is 0 Å². The maximum absolute atomic E-state index is 12.4. The zero-order chi connectivity index (χ0) is 15.1. The number of aryl methyl sites for hydroxylation is 1. The van der Waals surface area contributed by atoms with Crippen LogP contribution < -0.4 is 4.90 Å². The highest BCUT2D eigenvalue weighted by Gasteiger charge is 2.47. The summed E-state index contributed by atoms with van der Waals surface area (Å²) in [6, 6.07) is 4.95. The number of rotatable bonds is 3. The molecule has 114 valence electrons. The van der Waals surface area contributed by atoms with Crippen LogP contribution in [0.25, 0.3) is 0 Å². The van der Waals surface area contributed by atoms with E-state index in [1.54, 1.807) is 12.4 Å². The molecule has 0 N–H and O–H groups in total. The Morgan fingerprint density at radius 3 is 2.82 bits per heavy atom. The molecule has 2 saturated heterocycles. The first kappa shape index (κ1) is 13.8. The second-order valence-electron chi connectivity index (χ2n) is 5.97. The highest BCUT2D eigenvalue weighted by Crippen LogP contribution is 2.36. The van der Waals surface area contributed by atoms with Gasteiger partial charge in [-0.3, -0.25) is 9.69 Å². The predicted molar refractivity (Wildman–Crippen MR) is 85.8 cm³/mol. The Kier molecular flexibility index (Phi) is 3.43. The van der Waals surface area contributed by atoms with Gasteiger partial charge in [-0.2, -0.15) is 0 Å². The summed E-state index contributed by atoms with van der Waals surface area (Å²) >= 11 is 1.85. The molecule has 2 aromatic heterocycles. The normalized spacial score (nSPS) is 25.0. The minimum Gasteiger partial charge on any atom is -0.305 e. The van der Waals surface area contributed by atoms with Gasteiger partial charge in [0.15, 0.2) is 0 Å². The molecular formula is C16H18N4OS. The summed E-state index contributed by atoms with van der Waals surface area (Å²) in [5.74, 6) is 0.192. The van der Waals surface area contributed by atoms with Crippen molar-refractivity contribution < 1.29 is 4.79 Å². The van der Waals surface area contributed by atoms with E-state index < -0.39 is 0 Å². The van der Waals surface area contributed by atoms with E-state index in [-0.39, 0.29) is 11.9 Å². The molecule has 2 aliphatic rings. The maximum atomic E-state index is 12.4. The average Bonchev–Trinajstić information content (AvgIpc) is 3.17. The van der Waals surface area contributed by atoms with Crippen LogP contribution in [-0.2, 0) is 11.3 Å². The number of fused-ring (bicyclic) bond motifs is 1. The molecule has 2 aromatic rings. The summed E-state index contributed by atoms with van der Waals surface area (Å²) < 4.78 is 0. The van der Waals surface area contributed by atoms with Crippen molar-refractivity contribution >= 4 is 22.9 Å². The number of nitrogens with zero attached hydrogens (tertiary/aromatic N) is 4. The Morgan fingerprint density at radius 1 is 1.27 bits per heavy atom. The predicted octanol–water partition coefficient (Wildman–Crippen LogP) is 2.23. The summed E-state index contributed by atoms with van der Waals surface area (Å²) in [5.41, 5.74) is 0.828. The van der Waals surface area contributed by atoms with Crippen molar-refractivity contribution in [2.24, 2.45) is 0 Å². The number of aromatic nitrogens is 2. The molecule has 2 fully saturated rings. The number of carbonyl (C=O) groups is 1. The number of hydrogen-bond donors (Lipinski definition) is 0. The third-order valence-electron chi connectivity index (χ3n) is 4.59. The number of carbonyl (C=O) groups excluding carboxylic acids is 1. The quantitative estimate of drug-likeness (QED) is 0.872. The molecule has 4 rings (SSSR count). The van der Waals surface area contributed by atoms with Gasteiger partial charge in [-0.1, -0.05) is 0 Å². The third-order valence-corrected chi connectivity index (χ3v) is 5.57. The van der Waals surface area contributed by atoms with Gasteiger partial charge in [-0.25, -0.2) is 9.97 Å². The lowest BCUT2D eigenvalue weighted by molar-refractivity contribution is -0.117. The molecule has 1 amide bonds. The van der Waals surface area contributed by atoms with E-state index in [1.165, 1.54) is 16.1 Å². The second-order valence-corrected chi connectivity index (χ2v) is 7.34. The summed E-state index contributed by atoms with van der Waals surface area (Å²) in [7, 11) is 0. The minimum absolute atomic E-state index is 0.192. The molecule has 4 heterocycles. The summed E-state index contributed by atoms with van der Waals surface area (Å²) in [4.78, 5) is 27.6. The topological polar surface area (TPSA) is 49.3 Å². The lowest BCUT2D eigenvalue weighted by Gasteiger charge is -2.24. The summed E-state index contributed by atoms with van der Waals surface area (Å²) in [5, 5.41) is 0. The van der Waals surface area contributed by atoms with Crippen LogP contribution in [0.5, 0.6) is 0 Å². The van der Waals surface area contributed by atoms with Gasteiger partial charge in [0.1, 0.15) is 6.33 Å². The maximum Gasteiger partial charge on any atom is 0.229 e. The van der Waals surface area contributed by atoms with Gasteiger partial charge in [0.25, 0.3) is 0 Å². The van der Waals surface area contributed by atoms with Gasteiger partial charge in [0.2, 0.25) is 5.91 Å². The smallest absolute Gasteiger partial charge is 0.229 e. The first-order valence-electron chi connectivity index (χ1n) is 7.59. The lowest BCUT2D eigenvalue weighted by Crippen LogP contribution is -2.37. The van der Waals surface area contributed by atoms with Crippen molar-refractivity contribution in [2.75, 3.05) is 11.4 Å². The molecule has 2 aliphatic heterocycles.